The Morgan fingerprint density at radius 1 is 1.33 bits per heavy atom. The first-order valence-corrected chi connectivity index (χ1v) is 6.02. The van der Waals surface area contributed by atoms with Gasteiger partial charge in [0.05, 0.1) is 11.9 Å². The van der Waals surface area contributed by atoms with E-state index < -0.39 is 0 Å². The fourth-order valence-corrected chi connectivity index (χ4v) is 1.92. The van der Waals surface area contributed by atoms with Gasteiger partial charge in [-0.2, -0.15) is 5.10 Å². The highest BCUT2D eigenvalue weighted by Gasteiger charge is 2.10. The summed E-state index contributed by atoms with van der Waals surface area (Å²) in [5.41, 5.74) is 2.80. The molecule has 0 aliphatic rings. The smallest absolute Gasteiger partial charge is 0.107 e. The minimum Gasteiger partial charge on any atom is -0.411 e. The number of nitrogens with zero attached hydrogens (tertiary/aromatic N) is 3. The SMILES string of the molecule is CC(C)Cc1cc(C=NO)nn1-c1ccccc1. The molecule has 0 bridgehead atoms. The molecule has 0 aliphatic carbocycles. The standard InChI is InChI=1S/C14H17N3O/c1-11(2)8-14-9-12(10-15-18)16-17(14)13-6-4-3-5-7-13/h3-7,9-11,18H,8H2,1-2H3. The van der Waals surface area contributed by atoms with E-state index in [9.17, 15) is 0 Å². The number of rotatable bonds is 4. The van der Waals surface area contributed by atoms with Crippen LogP contribution in [0.4, 0.5) is 0 Å². The van der Waals surface area contributed by atoms with Crippen LogP contribution in [-0.2, 0) is 6.42 Å². The zero-order chi connectivity index (χ0) is 13.0. The zero-order valence-corrected chi connectivity index (χ0v) is 10.6. The van der Waals surface area contributed by atoms with Gasteiger partial charge in [0.2, 0.25) is 0 Å². The molecule has 0 fully saturated rings. The Hall–Kier alpha value is -2.10. The van der Waals surface area contributed by atoms with E-state index in [1.165, 1.54) is 6.21 Å². The highest BCUT2D eigenvalue weighted by molar-refractivity contribution is 5.76. The zero-order valence-electron chi connectivity index (χ0n) is 10.6. The second-order valence-corrected chi connectivity index (χ2v) is 4.65. The van der Waals surface area contributed by atoms with Gasteiger partial charge >= 0.3 is 0 Å². The number of hydrogen-bond acceptors (Lipinski definition) is 3. The molecule has 0 atom stereocenters. The van der Waals surface area contributed by atoms with Crippen molar-refractivity contribution in [3.8, 4) is 5.69 Å². The van der Waals surface area contributed by atoms with E-state index in [0.717, 1.165) is 17.8 Å². The fourth-order valence-electron chi connectivity index (χ4n) is 1.92. The van der Waals surface area contributed by atoms with Gasteiger partial charge < -0.3 is 5.21 Å². The predicted molar refractivity (Wildman–Crippen MR) is 71.5 cm³/mol. The molecule has 18 heavy (non-hydrogen) atoms. The van der Waals surface area contributed by atoms with Crippen LogP contribution in [0.15, 0.2) is 41.6 Å². The Kier molecular flexibility index (Phi) is 3.77. The van der Waals surface area contributed by atoms with E-state index in [-0.39, 0.29) is 0 Å². The molecule has 0 saturated carbocycles. The van der Waals surface area contributed by atoms with Gasteiger partial charge in [-0.25, -0.2) is 4.68 Å². The van der Waals surface area contributed by atoms with Gasteiger partial charge in [-0.3, -0.25) is 0 Å². The molecule has 0 radical (unpaired) electrons. The molecule has 4 nitrogen and oxygen atoms in total. The largest absolute Gasteiger partial charge is 0.411 e. The molecular weight excluding hydrogens is 226 g/mol. The van der Waals surface area contributed by atoms with Crippen LogP contribution < -0.4 is 0 Å². The maximum atomic E-state index is 8.59. The van der Waals surface area contributed by atoms with Crippen molar-refractivity contribution in [3.05, 3.63) is 47.8 Å². The Labute approximate surface area is 107 Å². The van der Waals surface area contributed by atoms with Crippen molar-refractivity contribution >= 4 is 6.21 Å². The summed E-state index contributed by atoms with van der Waals surface area (Å²) in [5.74, 6) is 0.545. The van der Waals surface area contributed by atoms with Gasteiger partial charge in [0.25, 0.3) is 0 Å². The Bertz CT molecular complexity index is 529. The average Bonchev–Trinajstić information content (AvgIpc) is 2.73. The lowest BCUT2D eigenvalue weighted by atomic mass is 10.1. The first kappa shape index (κ1) is 12.4. The first-order chi connectivity index (χ1) is 8.70. The van der Waals surface area contributed by atoms with Gasteiger partial charge in [0.1, 0.15) is 5.69 Å². The lowest BCUT2D eigenvalue weighted by molar-refractivity contribution is 0.321. The van der Waals surface area contributed by atoms with Crippen LogP contribution in [-0.4, -0.2) is 21.2 Å². The summed E-state index contributed by atoms with van der Waals surface area (Å²) in [6.45, 7) is 4.34. The minimum absolute atomic E-state index is 0.545. The first-order valence-electron chi connectivity index (χ1n) is 6.02. The molecule has 4 heteroatoms. The highest BCUT2D eigenvalue weighted by atomic mass is 16.4. The summed E-state index contributed by atoms with van der Waals surface area (Å²) < 4.78 is 1.90. The maximum absolute atomic E-state index is 8.59. The summed E-state index contributed by atoms with van der Waals surface area (Å²) >= 11 is 0. The Morgan fingerprint density at radius 3 is 2.67 bits per heavy atom. The number of hydrogen-bond donors (Lipinski definition) is 1. The van der Waals surface area contributed by atoms with Crippen LogP contribution in [0, 0.1) is 5.92 Å². The molecule has 0 amide bonds. The molecule has 2 aromatic rings. The van der Waals surface area contributed by atoms with Crippen molar-refractivity contribution in [2.24, 2.45) is 11.1 Å². The van der Waals surface area contributed by atoms with Crippen LogP contribution in [0.2, 0.25) is 0 Å². The third kappa shape index (κ3) is 2.77. The highest BCUT2D eigenvalue weighted by Crippen LogP contribution is 2.15. The van der Waals surface area contributed by atoms with Crippen molar-refractivity contribution in [2.45, 2.75) is 20.3 Å². The summed E-state index contributed by atoms with van der Waals surface area (Å²) in [6.07, 6.45) is 2.28. The van der Waals surface area contributed by atoms with Crippen LogP contribution in [0.3, 0.4) is 0 Å². The number of aromatic nitrogens is 2. The van der Waals surface area contributed by atoms with Gasteiger partial charge in [0, 0.05) is 5.69 Å². The van der Waals surface area contributed by atoms with Gasteiger partial charge in [0.15, 0.2) is 0 Å². The number of para-hydroxylation sites is 1. The topological polar surface area (TPSA) is 50.4 Å². The van der Waals surface area contributed by atoms with E-state index >= 15 is 0 Å². The van der Waals surface area contributed by atoms with E-state index in [2.05, 4.69) is 24.1 Å². The van der Waals surface area contributed by atoms with Crippen LogP contribution in [0.5, 0.6) is 0 Å². The normalized spacial score (nSPS) is 11.5. The molecule has 1 aromatic carbocycles. The quantitative estimate of drug-likeness (QED) is 0.510. The molecule has 94 valence electrons. The van der Waals surface area contributed by atoms with Crippen molar-refractivity contribution in [2.75, 3.05) is 0 Å². The molecule has 0 spiro atoms. The third-order valence-electron chi connectivity index (χ3n) is 2.61. The van der Waals surface area contributed by atoms with Crippen LogP contribution in [0.1, 0.15) is 25.2 Å². The third-order valence-corrected chi connectivity index (χ3v) is 2.61. The average molecular weight is 243 g/mol. The monoisotopic (exact) mass is 243 g/mol. The molecule has 2 rings (SSSR count). The summed E-state index contributed by atoms with van der Waals surface area (Å²) in [4.78, 5) is 0. The minimum atomic E-state index is 0.545. The second kappa shape index (κ2) is 5.49. The molecule has 1 aromatic heterocycles. The number of oxime groups is 1. The number of benzene rings is 1. The van der Waals surface area contributed by atoms with E-state index in [1.807, 2.05) is 41.1 Å². The van der Waals surface area contributed by atoms with Crippen LogP contribution in [0.25, 0.3) is 5.69 Å². The molecule has 1 N–H and O–H groups in total. The van der Waals surface area contributed by atoms with Crippen molar-refractivity contribution in [3.63, 3.8) is 0 Å². The Morgan fingerprint density at radius 2 is 2.06 bits per heavy atom. The summed E-state index contributed by atoms with van der Waals surface area (Å²) in [7, 11) is 0. The van der Waals surface area contributed by atoms with Crippen LogP contribution >= 0.6 is 0 Å². The van der Waals surface area contributed by atoms with E-state index in [4.69, 9.17) is 5.21 Å². The lowest BCUT2D eigenvalue weighted by Crippen LogP contribution is -2.05. The van der Waals surface area contributed by atoms with Gasteiger partial charge in [-0.1, -0.05) is 37.2 Å². The summed E-state index contributed by atoms with van der Waals surface area (Å²) in [5, 5.41) is 16.1. The fraction of sp³-hybridized carbons (Fsp3) is 0.286. The second-order valence-electron chi connectivity index (χ2n) is 4.65. The Balaban J connectivity index is 2.44. The van der Waals surface area contributed by atoms with Crippen molar-refractivity contribution in [1.29, 1.82) is 0 Å². The van der Waals surface area contributed by atoms with E-state index in [0.29, 0.717) is 11.6 Å². The van der Waals surface area contributed by atoms with Crippen molar-refractivity contribution in [1.82, 2.24) is 9.78 Å². The van der Waals surface area contributed by atoms with E-state index in [1.54, 1.807) is 0 Å². The molecule has 1 heterocycles. The predicted octanol–water partition coefficient (Wildman–Crippen LogP) is 2.88. The molecular formula is C14H17N3O. The van der Waals surface area contributed by atoms with Gasteiger partial charge in [-0.05, 0) is 30.5 Å². The van der Waals surface area contributed by atoms with Crippen molar-refractivity contribution < 1.29 is 5.21 Å². The molecule has 0 unspecified atom stereocenters. The van der Waals surface area contributed by atoms with Gasteiger partial charge in [-0.15, -0.1) is 0 Å². The lowest BCUT2D eigenvalue weighted by Gasteiger charge is -2.08. The molecule has 0 aliphatic heterocycles. The molecule has 0 saturated heterocycles. The maximum Gasteiger partial charge on any atom is 0.107 e. The summed E-state index contributed by atoms with van der Waals surface area (Å²) in [6, 6.07) is 11.9.